The van der Waals surface area contributed by atoms with Crippen LogP contribution in [-0.2, 0) is 6.42 Å². The third-order valence-electron chi connectivity index (χ3n) is 3.28. The van der Waals surface area contributed by atoms with Crippen LogP contribution in [0.25, 0.3) is 22.0 Å². The van der Waals surface area contributed by atoms with Crippen LogP contribution in [0.5, 0.6) is 0 Å². The van der Waals surface area contributed by atoms with Crippen LogP contribution in [0, 0.1) is 0 Å². The maximum absolute atomic E-state index is 6.36. The molecule has 0 radical (unpaired) electrons. The molecule has 2 heteroatoms. The molecule has 19 heavy (non-hydrogen) atoms. The third kappa shape index (κ3) is 2.34. The van der Waals surface area contributed by atoms with Crippen LogP contribution in [0.2, 0.25) is 5.02 Å². The second-order valence-corrected chi connectivity index (χ2v) is 4.95. The Morgan fingerprint density at radius 1 is 0.947 bits per heavy atom. The van der Waals surface area contributed by atoms with Gasteiger partial charge in [-0.15, -0.1) is 0 Å². The van der Waals surface area contributed by atoms with Crippen LogP contribution in [0.1, 0.15) is 12.6 Å². The van der Waals surface area contributed by atoms with Crippen molar-refractivity contribution in [2.75, 3.05) is 0 Å². The number of hydrogen-bond donors (Lipinski definition) is 0. The van der Waals surface area contributed by atoms with E-state index in [0.29, 0.717) is 0 Å². The predicted octanol–water partition coefficient (Wildman–Crippen LogP) is 5.12. The number of nitrogens with zero attached hydrogens (tertiary/aromatic N) is 1. The van der Waals surface area contributed by atoms with Crippen molar-refractivity contribution in [3.05, 3.63) is 65.3 Å². The Kier molecular flexibility index (Phi) is 3.22. The second-order valence-electron chi connectivity index (χ2n) is 4.55. The summed E-state index contributed by atoms with van der Waals surface area (Å²) in [5.41, 5.74) is 4.36. The van der Waals surface area contributed by atoms with E-state index in [2.05, 4.69) is 36.2 Å². The van der Waals surface area contributed by atoms with Crippen molar-refractivity contribution < 1.29 is 0 Å². The predicted molar refractivity (Wildman–Crippen MR) is 81.6 cm³/mol. The molecule has 1 aromatic heterocycles. The molecule has 94 valence electrons. The van der Waals surface area contributed by atoms with Crippen LogP contribution in [0.15, 0.2) is 54.6 Å². The van der Waals surface area contributed by atoms with Crippen molar-refractivity contribution in [3.8, 4) is 11.1 Å². The number of aromatic nitrogens is 1. The average molecular weight is 268 g/mol. The maximum atomic E-state index is 6.36. The molecule has 0 aliphatic heterocycles. The van der Waals surface area contributed by atoms with Crippen LogP contribution < -0.4 is 0 Å². The van der Waals surface area contributed by atoms with Crippen LogP contribution >= 0.6 is 11.6 Å². The molecule has 3 rings (SSSR count). The lowest BCUT2D eigenvalue weighted by Crippen LogP contribution is -1.89. The van der Waals surface area contributed by atoms with Crippen molar-refractivity contribution in [2.45, 2.75) is 13.3 Å². The maximum Gasteiger partial charge on any atom is 0.0720 e. The van der Waals surface area contributed by atoms with Gasteiger partial charge in [0.15, 0.2) is 0 Å². The Labute approximate surface area is 117 Å². The molecule has 0 N–H and O–H groups in total. The van der Waals surface area contributed by atoms with Gasteiger partial charge in [-0.25, -0.2) is 0 Å². The largest absolute Gasteiger partial charge is 0.253 e. The van der Waals surface area contributed by atoms with Crippen molar-refractivity contribution in [2.24, 2.45) is 0 Å². The van der Waals surface area contributed by atoms with Crippen molar-refractivity contribution in [3.63, 3.8) is 0 Å². The Hall–Kier alpha value is -1.86. The highest BCUT2D eigenvalue weighted by molar-refractivity contribution is 6.35. The number of benzene rings is 2. The summed E-state index contributed by atoms with van der Waals surface area (Å²) in [4.78, 5) is 4.60. The van der Waals surface area contributed by atoms with Gasteiger partial charge >= 0.3 is 0 Å². The summed E-state index contributed by atoms with van der Waals surface area (Å²) < 4.78 is 0. The molecule has 0 spiro atoms. The summed E-state index contributed by atoms with van der Waals surface area (Å²) in [5, 5.41) is 1.79. The lowest BCUT2D eigenvalue weighted by Gasteiger charge is -2.07. The van der Waals surface area contributed by atoms with E-state index in [0.717, 1.165) is 28.0 Å². The highest BCUT2D eigenvalue weighted by atomic mass is 35.5. The van der Waals surface area contributed by atoms with Crippen LogP contribution in [0.4, 0.5) is 0 Å². The smallest absolute Gasteiger partial charge is 0.0720 e. The van der Waals surface area contributed by atoms with E-state index in [-0.39, 0.29) is 0 Å². The zero-order valence-corrected chi connectivity index (χ0v) is 11.5. The lowest BCUT2D eigenvalue weighted by molar-refractivity contribution is 1.06. The molecule has 0 aliphatic carbocycles. The molecule has 0 bridgehead atoms. The van der Waals surface area contributed by atoms with E-state index >= 15 is 0 Å². The standard InChI is InChI=1S/C17H14ClN/c1-2-14-11-16(18)15-10-13(8-9-17(15)19-14)12-6-4-3-5-7-12/h3-11H,2H2,1H3. The molecule has 0 saturated heterocycles. The van der Waals surface area contributed by atoms with E-state index in [1.165, 1.54) is 11.1 Å². The van der Waals surface area contributed by atoms with Gasteiger partial charge in [0.05, 0.1) is 10.5 Å². The second kappa shape index (κ2) is 5.02. The molecule has 1 nitrogen and oxygen atoms in total. The van der Waals surface area contributed by atoms with Gasteiger partial charge in [-0.05, 0) is 35.7 Å². The first-order valence-electron chi connectivity index (χ1n) is 6.42. The fourth-order valence-electron chi connectivity index (χ4n) is 2.23. The van der Waals surface area contributed by atoms with Gasteiger partial charge in [0.25, 0.3) is 0 Å². The molecule has 0 fully saturated rings. The monoisotopic (exact) mass is 267 g/mol. The third-order valence-corrected chi connectivity index (χ3v) is 3.59. The number of rotatable bonds is 2. The molecule has 0 unspecified atom stereocenters. The molecule has 0 amide bonds. The average Bonchev–Trinajstić information content (AvgIpc) is 2.47. The number of hydrogen-bond acceptors (Lipinski definition) is 1. The molecule has 3 aromatic rings. The van der Waals surface area contributed by atoms with Gasteiger partial charge in [0, 0.05) is 11.1 Å². The summed E-state index contributed by atoms with van der Waals surface area (Å²) in [6.07, 6.45) is 0.899. The first-order valence-corrected chi connectivity index (χ1v) is 6.80. The molecule has 1 heterocycles. The Bertz CT molecular complexity index is 720. The number of fused-ring (bicyclic) bond motifs is 1. The zero-order chi connectivity index (χ0) is 13.2. The van der Waals surface area contributed by atoms with Gasteiger partial charge in [0.1, 0.15) is 0 Å². The fraction of sp³-hybridized carbons (Fsp3) is 0.118. The minimum atomic E-state index is 0.777. The number of aryl methyl sites for hydroxylation is 1. The van der Waals surface area contributed by atoms with E-state index in [1.54, 1.807) is 0 Å². The lowest BCUT2D eigenvalue weighted by atomic mass is 10.0. The van der Waals surface area contributed by atoms with E-state index in [4.69, 9.17) is 11.6 Å². The zero-order valence-electron chi connectivity index (χ0n) is 10.7. The summed E-state index contributed by atoms with van der Waals surface area (Å²) >= 11 is 6.36. The summed E-state index contributed by atoms with van der Waals surface area (Å²) in [6, 6.07) is 18.5. The van der Waals surface area contributed by atoms with Crippen molar-refractivity contribution >= 4 is 22.5 Å². The minimum absolute atomic E-state index is 0.777. The topological polar surface area (TPSA) is 12.9 Å². The highest BCUT2D eigenvalue weighted by Crippen LogP contribution is 2.28. The van der Waals surface area contributed by atoms with Crippen molar-refractivity contribution in [1.82, 2.24) is 4.98 Å². The van der Waals surface area contributed by atoms with Gasteiger partial charge in [0.2, 0.25) is 0 Å². The quantitative estimate of drug-likeness (QED) is 0.628. The molecule has 0 atom stereocenters. The fourth-order valence-corrected chi connectivity index (χ4v) is 2.50. The Balaban J connectivity index is 2.19. The molecular weight excluding hydrogens is 254 g/mol. The SMILES string of the molecule is CCc1cc(Cl)c2cc(-c3ccccc3)ccc2n1. The molecular formula is C17H14ClN. The van der Waals surface area contributed by atoms with E-state index in [9.17, 15) is 0 Å². The highest BCUT2D eigenvalue weighted by Gasteiger charge is 2.05. The van der Waals surface area contributed by atoms with Gasteiger partial charge in [-0.2, -0.15) is 0 Å². The molecule has 0 saturated carbocycles. The van der Waals surface area contributed by atoms with E-state index < -0.39 is 0 Å². The Morgan fingerprint density at radius 2 is 1.74 bits per heavy atom. The number of halogens is 1. The number of pyridine rings is 1. The molecule has 0 aliphatic rings. The minimum Gasteiger partial charge on any atom is -0.253 e. The van der Waals surface area contributed by atoms with Gasteiger partial charge in [-0.3, -0.25) is 4.98 Å². The first kappa shape index (κ1) is 12.2. The van der Waals surface area contributed by atoms with E-state index in [1.807, 2.05) is 30.3 Å². The first-order chi connectivity index (χ1) is 9.28. The van der Waals surface area contributed by atoms with Crippen LogP contribution in [-0.4, -0.2) is 4.98 Å². The van der Waals surface area contributed by atoms with Crippen LogP contribution in [0.3, 0.4) is 0 Å². The van der Waals surface area contributed by atoms with Gasteiger partial charge < -0.3 is 0 Å². The summed E-state index contributed by atoms with van der Waals surface area (Å²) in [6.45, 7) is 2.09. The normalized spacial score (nSPS) is 10.8. The molecule has 2 aromatic carbocycles. The summed E-state index contributed by atoms with van der Waals surface area (Å²) in [7, 11) is 0. The summed E-state index contributed by atoms with van der Waals surface area (Å²) in [5.74, 6) is 0. The Morgan fingerprint density at radius 3 is 2.47 bits per heavy atom. The van der Waals surface area contributed by atoms with Crippen molar-refractivity contribution in [1.29, 1.82) is 0 Å². The van der Waals surface area contributed by atoms with Gasteiger partial charge in [-0.1, -0.05) is 54.9 Å².